The zero-order chi connectivity index (χ0) is 32.1. The highest BCUT2D eigenvalue weighted by atomic mass is 31.3. The molecule has 45 heavy (non-hydrogen) atoms. The van der Waals surface area contributed by atoms with Crippen molar-refractivity contribution in [2.75, 3.05) is 49.4 Å². The van der Waals surface area contributed by atoms with Crippen LogP contribution in [0.25, 0.3) is 0 Å². The molecule has 0 aliphatic rings. The van der Waals surface area contributed by atoms with Crippen molar-refractivity contribution in [1.82, 2.24) is 0 Å². The molecule has 4 aromatic rings. The number of nitrogens with two attached hydrogens (primary N) is 4. The minimum absolute atomic E-state index is 0.111. The molecule has 0 bridgehead atoms. The molecule has 13 heteroatoms. The van der Waals surface area contributed by atoms with E-state index in [2.05, 4.69) is 0 Å². The SMILES string of the molecule is Nc1ccccc1CCOP(=O)(OCCc1ccccc1N)OP(=O)(OCCc1ccccc1N)OCCc1ccccc1N. The van der Waals surface area contributed by atoms with Gasteiger partial charge >= 0.3 is 15.6 Å². The Labute approximate surface area is 264 Å². The summed E-state index contributed by atoms with van der Waals surface area (Å²) in [5, 5.41) is 0. The van der Waals surface area contributed by atoms with Crippen molar-refractivity contribution in [2.24, 2.45) is 0 Å². The quantitative estimate of drug-likeness (QED) is 0.0671. The second kappa shape index (κ2) is 16.6. The van der Waals surface area contributed by atoms with Crippen LogP contribution >= 0.6 is 15.6 Å². The molecule has 0 spiro atoms. The molecular formula is C32H40N4O7P2. The maximum Gasteiger partial charge on any atom is 0.483 e. The molecule has 4 rings (SSSR count). The summed E-state index contributed by atoms with van der Waals surface area (Å²) in [6, 6.07) is 28.9. The number of benzene rings is 4. The lowest BCUT2D eigenvalue weighted by Gasteiger charge is -2.24. The summed E-state index contributed by atoms with van der Waals surface area (Å²) in [6.45, 7) is -0.444. The third-order valence-electron chi connectivity index (χ3n) is 6.90. The molecule has 0 aromatic heterocycles. The van der Waals surface area contributed by atoms with Crippen LogP contribution in [-0.2, 0) is 57.2 Å². The summed E-state index contributed by atoms with van der Waals surface area (Å²) in [5.41, 5.74) is 29.5. The maximum atomic E-state index is 14.1. The average Bonchev–Trinajstić information content (AvgIpc) is 3.01. The van der Waals surface area contributed by atoms with Crippen LogP contribution in [0.5, 0.6) is 0 Å². The molecule has 0 radical (unpaired) electrons. The molecule has 0 aliphatic carbocycles. The van der Waals surface area contributed by atoms with E-state index in [4.69, 9.17) is 45.3 Å². The van der Waals surface area contributed by atoms with Crippen molar-refractivity contribution in [3.63, 3.8) is 0 Å². The maximum absolute atomic E-state index is 14.1. The number of hydrogen-bond acceptors (Lipinski definition) is 11. The largest absolute Gasteiger partial charge is 0.483 e. The van der Waals surface area contributed by atoms with Crippen LogP contribution in [0.2, 0.25) is 0 Å². The van der Waals surface area contributed by atoms with Gasteiger partial charge in [0, 0.05) is 22.7 Å². The summed E-state index contributed by atoms with van der Waals surface area (Å²) in [4.78, 5) is 0. The lowest BCUT2D eigenvalue weighted by atomic mass is 10.1. The number of para-hydroxylation sites is 4. The predicted molar refractivity (Wildman–Crippen MR) is 178 cm³/mol. The molecule has 11 nitrogen and oxygen atoms in total. The molecule has 0 unspecified atom stereocenters. The average molecular weight is 655 g/mol. The lowest BCUT2D eigenvalue weighted by Crippen LogP contribution is -2.10. The van der Waals surface area contributed by atoms with Gasteiger partial charge < -0.3 is 22.9 Å². The number of phosphoric ester groups is 2. The number of rotatable bonds is 18. The second-order valence-corrected chi connectivity index (χ2v) is 13.6. The fourth-order valence-corrected chi connectivity index (χ4v) is 7.55. The third kappa shape index (κ3) is 10.7. The predicted octanol–water partition coefficient (Wildman–Crippen LogP) is 6.59. The number of hydrogen-bond donors (Lipinski definition) is 4. The first-order valence-electron chi connectivity index (χ1n) is 14.5. The van der Waals surface area contributed by atoms with E-state index in [0.717, 1.165) is 22.3 Å². The first-order chi connectivity index (χ1) is 21.7. The van der Waals surface area contributed by atoms with Crippen LogP contribution in [0.3, 0.4) is 0 Å². The van der Waals surface area contributed by atoms with E-state index >= 15 is 0 Å². The Hall–Kier alpha value is -3.66. The molecule has 0 heterocycles. The molecule has 0 amide bonds. The van der Waals surface area contributed by atoms with E-state index in [1.54, 1.807) is 24.3 Å². The minimum atomic E-state index is -4.53. The van der Waals surface area contributed by atoms with E-state index in [1.165, 1.54) is 0 Å². The van der Waals surface area contributed by atoms with E-state index < -0.39 is 15.6 Å². The van der Waals surface area contributed by atoms with E-state index in [9.17, 15) is 9.13 Å². The summed E-state index contributed by atoms with van der Waals surface area (Å²) < 4.78 is 56.4. The van der Waals surface area contributed by atoms with Gasteiger partial charge in [0.2, 0.25) is 0 Å². The summed E-state index contributed by atoms with van der Waals surface area (Å²) in [5.74, 6) is 0. The van der Waals surface area contributed by atoms with Gasteiger partial charge in [0.25, 0.3) is 0 Å². The second-order valence-electron chi connectivity index (χ2n) is 10.1. The van der Waals surface area contributed by atoms with Crippen molar-refractivity contribution in [1.29, 1.82) is 0 Å². The van der Waals surface area contributed by atoms with Gasteiger partial charge in [-0.05, 0) is 72.2 Å². The lowest BCUT2D eigenvalue weighted by molar-refractivity contribution is 0.111. The first-order valence-corrected chi connectivity index (χ1v) is 17.4. The summed E-state index contributed by atoms with van der Waals surface area (Å²) in [6.07, 6.45) is 1.17. The standard InChI is InChI=1S/C32H40N4O7P2/c33-29-13-5-1-9-25(29)17-21-39-44(37,40-22-18-26-10-2-6-14-30(26)34)43-45(38,41-23-19-27-11-3-7-15-31(27)35)42-24-20-28-12-4-8-16-32(28)36/h1-16H,17-24,33-36H2. The number of phosphoric acid groups is 2. The Morgan fingerprint density at radius 2 is 0.622 bits per heavy atom. The van der Waals surface area contributed by atoms with Gasteiger partial charge in [0.15, 0.2) is 0 Å². The van der Waals surface area contributed by atoms with E-state index in [0.29, 0.717) is 48.4 Å². The monoisotopic (exact) mass is 654 g/mol. The van der Waals surface area contributed by atoms with Crippen LogP contribution in [-0.4, -0.2) is 26.4 Å². The topological polar surface area (TPSA) is 184 Å². The number of anilines is 4. The fraction of sp³-hybridized carbons (Fsp3) is 0.250. The highest BCUT2D eigenvalue weighted by Gasteiger charge is 2.41. The van der Waals surface area contributed by atoms with E-state index in [1.807, 2.05) is 72.8 Å². The molecule has 0 saturated carbocycles. The molecule has 8 N–H and O–H groups in total. The van der Waals surface area contributed by atoms with Gasteiger partial charge in [0.05, 0.1) is 26.4 Å². The summed E-state index contributed by atoms with van der Waals surface area (Å²) >= 11 is 0. The molecule has 0 atom stereocenters. The van der Waals surface area contributed by atoms with Gasteiger partial charge in [0.1, 0.15) is 0 Å². The van der Waals surface area contributed by atoms with Crippen molar-refractivity contribution in [3.8, 4) is 0 Å². The molecule has 0 saturated heterocycles. The molecular weight excluding hydrogens is 614 g/mol. The normalized spacial score (nSPS) is 11.9. The fourth-order valence-electron chi connectivity index (χ4n) is 4.41. The Bertz CT molecular complexity index is 1410. The first kappa shape index (κ1) is 34.2. The third-order valence-corrected chi connectivity index (χ3v) is 10.5. The van der Waals surface area contributed by atoms with Crippen LogP contribution < -0.4 is 22.9 Å². The van der Waals surface area contributed by atoms with Gasteiger partial charge in [-0.2, -0.15) is 4.31 Å². The zero-order valence-electron chi connectivity index (χ0n) is 25.0. The van der Waals surface area contributed by atoms with E-state index in [-0.39, 0.29) is 26.4 Å². The molecule has 0 aliphatic heterocycles. The van der Waals surface area contributed by atoms with Crippen molar-refractivity contribution >= 4 is 38.4 Å². The summed E-state index contributed by atoms with van der Waals surface area (Å²) in [7, 11) is -9.07. The van der Waals surface area contributed by atoms with Gasteiger partial charge in [-0.3, -0.25) is 18.1 Å². The van der Waals surface area contributed by atoms with Crippen molar-refractivity contribution in [3.05, 3.63) is 119 Å². The Morgan fingerprint density at radius 1 is 0.400 bits per heavy atom. The smallest absolute Gasteiger partial charge is 0.399 e. The van der Waals surface area contributed by atoms with Crippen LogP contribution in [0.1, 0.15) is 22.3 Å². The van der Waals surface area contributed by atoms with Crippen LogP contribution in [0.15, 0.2) is 97.1 Å². The van der Waals surface area contributed by atoms with Crippen LogP contribution in [0, 0.1) is 0 Å². The Morgan fingerprint density at radius 3 is 0.844 bits per heavy atom. The molecule has 240 valence electrons. The Balaban J connectivity index is 1.50. The van der Waals surface area contributed by atoms with Gasteiger partial charge in [-0.25, -0.2) is 9.13 Å². The molecule has 0 fully saturated rings. The number of nitrogen functional groups attached to an aromatic ring is 4. The van der Waals surface area contributed by atoms with Crippen molar-refractivity contribution < 1.29 is 31.5 Å². The minimum Gasteiger partial charge on any atom is -0.399 e. The molecule has 4 aromatic carbocycles. The van der Waals surface area contributed by atoms with Gasteiger partial charge in [-0.1, -0.05) is 72.8 Å². The van der Waals surface area contributed by atoms with Gasteiger partial charge in [-0.15, -0.1) is 0 Å². The zero-order valence-corrected chi connectivity index (χ0v) is 26.7. The highest BCUT2D eigenvalue weighted by Crippen LogP contribution is 2.66. The van der Waals surface area contributed by atoms with Crippen LogP contribution in [0.4, 0.5) is 22.7 Å². The Kier molecular flexibility index (Phi) is 12.6. The van der Waals surface area contributed by atoms with Crippen molar-refractivity contribution in [2.45, 2.75) is 25.7 Å². The highest BCUT2D eigenvalue weighted by molar-refractivity contribution is 7.62.